The number of hydrogen-bond donors (Lipinski definition) is 0. The Hall–Kier alpha value is -1.04. The van der Waals surface area contributed by atoms with Crippen molar-refractivity contribution in [3.05, 3.63) is 0 Å². The molecule has 1 amide bonds. The van der Waals surface area contributed by atoms with E-state index < -0.39 is 5.41 Å². The molecular formula is C15H24N2O. The molecule has 1 atom stereocenters. The first kappa shape index (κ1) is 13.4. The predicted octanol–water partition coefficient (Wildman–Crippen LogP) is 2.82. The van der Waals surface area contributed by atoms with Crippen LogP contribution in [0, 0.1) is 34.0 Å². The van der Waals surface area contributed by atoms with Crippen LogP contribution in [0.1, 0.15) is 47.0 Å². The van der Waals surface area contributed by atoms with Gasteiger partial charge in [-0.2, -0.15) is 5.26 Å². The number of nitrogens with zero attached hydrogens (tertiary/aromatic N) is 2. The summed E-state index contributed by atoms with van der Waals surface area (Å²) in [6.45, 7) is 10.5. The molecule has 2 aliphatic rings. The standard InChI is InChI=1S/C15H24N2O/c1-11-7-15(8-11,10-16)13(18)17-6-5-12(9-17)14(2,3)4/h11-12H,5-9H2,1-4H3. The highest BCUT2D eigenvalue weighted by molar-refractivity contribution is 5.86. The van der Waals surface area contributed by atoms with Gasteiger partial charge >= 0.3 is 0 Å². The van der Waals surface area contributed by atoms with E-state index in [1.165, 1.54) is 0 Å². The maximum Gasteiger partial charge on any atom is 0.243 e. The van der Waals surface area contributed by atoms with E-state index in [0.29, 0.717) is 11.8 Å². The predicted molar refractivity (Wildman–Crippen MR) is 70.6 cm³/mol. The van der Waals surface area contributed by atoms with Gasteiger partial charge in [0.2, 0.25) is 5.91 Å². The molecule has 0 spiro atoms. The number of amides is 1. The van der Waals surface area contributed by atoms with Gasteiger partial charge in [0.25, 0.3) is 0 Å². The third kappa shape index (κ3) is 2.13. The minimum Gasteiger partial charge on any atom is -0.341 e. The van der Waals surface area contributed by atoms with Gasteiger partial charge < -0.3 is 4.90 Å². The van der Waals surface area contributed by atoms with Crippen molar-refractivity contribution in [2.45, 2.75) is 47.0 Å². The van der Waals surface area contributed by atoms with Crippen LogP contribution in [0.5, 0.6) is 0 Å². The molecule has 0 aromatic rings. The fraction of sp³-hybridized carbons (Fsp3) is 0.867. The highest BCUT2D eigenvalue weighted by atomic mass is 16.2. The van der Waals surface area contributed by atoms with E-state index in [4.69, 9.17) is 0 Å². The van der Waals surface area contributed by atoms with Crippen LogP contribution in [0.15, 0.2) is 0 Å². The number of carbonyl (C=O) groups excluding carboxylic acids is 1. The van der Waals surface area contributed by atoms with E-state index >= 15 is 0 Å². The van der Waals surface area contributed by atoms with Crippen LogP contribution >= 0.6 is 0 Å². The van der Waals surface area contributed by atoms with Crippen LogP contribution < -0.4 is 0 Å². The summed E-state index contributed by atoms with van der Waals surface area (Å²) in [4.78, 5) is 14.4. The molecule has 0 bridgehead atoms. The molecule has 1 saturated heterocycles. The Morgan fingerprint density at radius 1 is 1.39 bits per heavy atom. The molecule has 2 fully saturated rings. The Bertz CT molecular complexity index is 382. The number of nitriles is 1. The molecule has 3 nitrogen and oxygen atoms in total. The fourth-order valence-electron chi connectivity index (χ4n) is 3.40. The van der Waals surface area contributed by atoms with Crippen LogP contribution in [0.4, 0.5) is 0 Å². The molecule has 0 N–H and O–H groups in total. The lowest BCUT2D eigenvalue weighted by atomic mass is 9.63. The van der Waals surface area contributed by atoms with Gasteiger partial charge in [-0.1, -0.05) is 27.7 Å². The Balaban J connectivity index is 2.02. The van der Waals surface area contributed by atoms with Gasteiger partial charge in [-0.15, -0.1) is 0 Å². The Labute approximate surface area is 110 Å². The average molecular weight is 248 g/mol. The summed E-state index contributed by atoms with van der Waals surface area (Å²) >= 11 is 0. The second kappa shape index (κ2) is 4.26. The average Bonchev–Trinajstić information content (AvgIpc) is 2.72. The Morgan fingerprint density at radius 2 is 2.00 bits per heavy atom. The summed E-state index contributed by atoms with van der Waals surface area (Å²) in [5, 5.41) is 9.31. The normalized spacial score (nSPS) is 36.1. The Kier molecular flexibility index (Phi) is 3.17. The van der Waals surface area contributed by atoms with Crippen LogP contribution in [-0.4, -0.2) is 23.9 Å². The van der Waals surface area contributed by atoms with E-state index in [2.05, 4.69) is 33.8 Å². The first-order chi connectivity index (χ1) is 8.28. The molecule has 1 heterocycles. The molecule has 0 aromatic heterocycles. The molecule has 3 heteroatoms. The number of rotatable bonds is 1. The Morgan fingerprint density at radius 3 is 2.39 bits per heavy atom. The molecule has 0 radical (unpaired) electrons. The molecule has 0 aromatic carbocycles. The lowest BCUT2D eigenvalue weighted by Crippen LogP contribution is -2.49. The minimum absolute atomic E-state index is 0.0925. The van der Waals surface area contributed by atoms with E-state index in [1.807, 2.05) is 4.90 Å². The lowest BCUT2D eigenvalue weighted by molar-refractivity contribution is -0.144. The number of hydrogen-bond acceptors (Lipinski definition) is 2. The van der Waals surface area contributed by atoms with Crippen molar-refractivity contribution in [2.75, 3.05) is 13.1 Å². The van der Waals surface area contributed by atoms with Crippen molar-refractivity contribution in [1.29, 1.82) is 5.26 Å². The monoisotopic (exact) mass is 248 g/mol. The topological polar surface area (TPSA) is 44.1 Å². The molecule has 2 rings (SSSR count). The molecular weight excluding hydrogens is 224 g/mol. The fourth-order valence-corrected chi connectivity index (χ4v) is 3.40. The smallest absolute Gasteiger partial charge is 0.243 e. The van der Waals surface area contributed by atoms with Gasteiger partial charge in [0.1, 0.15) is 5.41 Å². The van der Waals surface area contributed by atoms with Crippen molar-refractivity contribution in [3.63, 3.8) is 0 Å². The van der Waals surface area contributed by atoms with Gasteiger partial charge in [0.05, 0.1) is 6.07 Å². The maximum atomic E-state index is 12.5. The highest BCUT2D eigenvalue weighted by Crippen LogP contribution is 2.47. The van der Waals surface area contributed by atoms with Crippen LogP contribution in [0.3, 0.4) is 0 Å². The van der Waals surface area contributed by atoms with Gasteiger partial charge in [0.15, 0.2) is 0 Å². The van der Waals surface area contributed by atoms with Crippen molar-refractivity contribution < 1.29 is 4.79 Å². The van der Waals surface area contributed by atoms with E-state index in [0.717, 1.165) is 32.4 Å². The van der Waals surface area contributed by atoms with E-state index in [-0.39, 0.29) is 11.3 Å². The summed E-state index contributed by atoms with van der Waals surface area (Å²) in [7, 11) is 0. The third-order valence-corrected chi connectivity index (χ3v) is 4.72. The summed E-state index contributed by atoms with van der Waals surface area (Å²) in [6, 6.07) is 2.28. The van der Waals surface area contributed by atoms with Gasteiger partial charge in [-0.05, 0) is 36.5 Å². The number of carbonyl (C=O) groups is 1. The van der Waals surface area contributed by atoms with Gasteiger partial charge in [-0.25, -0.2) is 0 Å². The van der Waals surface area contributed by atoms with E-state index in [1.54, 1.807) is 0 Å². The molecule has 18 heavy (non-hydrogen) atoms. The second-order valence-corrected chi connectivity index (χ2v) is 7.31. The number of likely N-dealkylation sites (tertiary alicyclic amines) is 1. The molecule has 1 unspecified atom stereocenters. The van der Waals surface area contributed by atoms with Crippen molar-refractivity contribution >= 4 is 5.91 Å². The van der Waals surface area contributed by atoms with Crippen LogP contribution in [0.25, 0.3) is 0 Å². The van der Waals surface area contributed by atoms with Crippen molar-refractivity contribution in [3.8, 4) is 6.07 Å². The first-order valence-corrected chi connectivity index (χ1v) is 6.99. The molecule has 1 aliphatic carbocycles. The van der Waals surface area contributed by atoms with E-state index in [9.17, 15) is 10.1 Å². The zero-order chi connectivity index (χ0) is 13.6. The molecule has 1 aliphatic heterocycles. The van der Waals surface area contributed by atoms with Gasteiger partial charge in [0, 0.05) is 13.1 Å². The molecule has 100 valence electrons. The molecule has 1 saturated carbocycles. The van der Waals surface area contributed by atoms with Crippen molar-refractivity contribution in [1.82, 2.24) is 4.90 Å². The minimum atomic E-state index is -0.688. The van der Waals surface area contributed by atoms with Gasteiger partial charge in [-0.3, -0.25) is 4.79 Å². The summed E-state index contributed by atoms with van der Waals surface area (Å²) < 4.78 is 0. The SMILES string of the molecule is CC1CC(C#N)(C(=O)N2CCC(C(C)(C)C)C2)C1. The largest absolute Gasteiger partial charge is 0.341 e. The quantitative estimate of drug-likeness (QED) is 0.716. The zero-order valence-electron chi connectivity index (χ0n) is 12.0. The third-order valence-electron chi connectivity index (χ3n) is 4.72. The van der Waals surface area contributed by atoms with Crippen LogP contribution in [0.2, 0.25) is 0 Å². The summed E-state index contributed by atoms with van der Waals surface area (Å²) in [5.41, 5.74) is -0.437. The lowest BCUT2D eigenvalue weighted by Gasteiger charge is -2.41. The second-order valence-electron chi connectivity index (χ2n) is 7.31. The highest BCUT2D eigenvalue weighted by Gasteiger charge is 2.51. The summed E-state index contributed by atoms with van der Waals surface area (Å²) in [5.74, 6) is 1.18. The zero-order valence-corrected chi connectivity index (χ0v) is 12.0. The van der Waals surface area contributed by atoms with Crippen molar-refractivity contribution in [2.24, 2.45) is 22.7 Å². The first-order valence-electron chi connectivity index (χ1n) is 6.99. The maximum absolute atomic E-state index is 12.5. The van der Waals surface area contributed by atoms with Crippen LogP contribution in [-0.2, 0) is 4.79 Å². The summed E-state index contributed by atoms with van der Waals surface area (Å²) in [6.07, 6.45) is 2.57.